The highest BCUT2D eigenvalue weighted by atomic mass is 16.6. The van der Waals surface area contributed by atoms with E-state index in [1.165, 1.54) is 128 Å². The number of unbranched alkanes of at least 4 members (excludes halogenated alkanes) is 28. The molecule has 6 nitrogen and oxygen atoms in total. The van der Waals surface area contributed by atoms with Crippen LogP contribution in [0.15, 0.2) is 122 Å². The van der Waals surface area contributed by atoms with Gasteiger partial charge in [0.1, 0.15) is 13.2 Å². The number of ether oxygens (including phenoxy) is 3. The van der Waals surface area contributed by atoms with Crippen molar-refractivity contribution < 1.29 is 28.6 Å². The molecule has 0 rings (SSSR count). The SMILES string of the molecule is CC/C=C\C/C=C\C/C=C\C/C=C\C/C=C\C/C=C\CCCCCCC(=O)OCC(COC(=O)CCCC/C=C\C/C=C\C/C=C\C/C=C\CC)OC(=O)CCCCCCCCCCCCCCCCCCCCCCCCC. The molecule has 0 radical (unpaired) electrons. The first-order chi connectivity index (χ1) is 39.0. The Morgan fingerprint density at radius 1 is 0.266 bits per heavy atom. The Morgan fingerprint density at radius 2 is 0.494 bits per heavy atom. The predicted octanol–water partition coefficient (Wildman–Crippen LogP) is 22.8. The molecule has 450 valence electrons. The van der Waals surface area contributed by atoms with E-state index in [0.29, 0.717) is 19.3 Å². The molecule has 0 aromatic heterocycles. The lowest BCUT2D eigenvalue weighted by atomic mass is 10.0. The molecular weight excluding hydrogens is 973 g/mol. The van der Waals surface area contributed by atoms with E-state index >= 15 is 0 Å². The molecule has 79 heavy (non-hydrogen) atoms. The van der Waals surface area contributed by atoms with Crippen molar-refractivity contribution in [3.63, 3.8) is 0 Å². The largest absolute Gasteiger partial charge is 0.462 e. The van der Waals surface area contributed by atoms with Crippen LogP contribution in [0.2, 0.25) is 0 Å². The molecule has 0 heterocycles. The van der Waals surface area contributed by atoms with Gasteiger partial charge in [-0.2, -0.15) is 0 Å². The third-order valence-electron chi connectivity index (χ3n) is 14.0. The minimum atomic E-state index is -0.810. The Bertz CT molecular complexity index is 1640. The summed E-state index contributed by atoms with van der Waals surface area (Å²) < 4.78 is 16.9. The first-order valence-electron chi connectivity index (χ1n) is 33.0. The minimum absolute atomic E-state index is 0.105. The number of rotatable bonds is 59. The van der Waals surface area contributed by atoms with Crippen LogP contribution >= 0.6 is 0 Å². The second-order valence-corrected chi connectivity index (χ2v) is 21.6. The van der Waals surface area contributed by atoms with Crippen molar-refractivity contribution in [2.75, 3.05) is 13.2 Å². The van der Waals surface area contributed by atoms with Crippen molar-refractivity contribution in [2.24, 2.45) is 0 Å². The molecule has 0 saturated heterocycles. The average Bonchev–Trinajstić information content (AvgIpc) is 3.45. The normalized spacial score (nSPS) is 12.9. The first kappa shape index (κ1) is 74.8. The molecule has 0 aromatic rings. The lowest BCUT2D eigenvalue weighted by Crippen LogP contribution is -2.30. The highest BCUT2D eigenvalue weighted by Crippen LogP contribution is 2.17. The van der Waals surface area contributed by atoms with Crippen LogP contribution in [0.5, 0.6) is 0 Å². The van der Waals surface area contributed by atoms with Gasteiger partial charge in [-0.15, -0.1) is 0 Å². The number of carbonyl (C=O) groups is 3. The highest BCUT2D eigenvalue weighted by Gasteiger charge is 2.19. The zero-order valence-corrected chi connectivity index (χ0v) is 51.6. The van der Waals surface area contributed by atoms with Crippen LogP contribution in [-0.2, 0) is 28.6 Å². The topological polar surface area (TPSA) is 78.9 Å². The molecule has 0 aliphatic heterocycles. The van der Waals surface area contributed by atoms with Gasteiger partial charge < -0.3 is 14.2 Å². The van der Waals surface area contributed by atoms with Gasteiger partial charge in [-0.25, -0.2) is 0 Å². The zero-order chi connectivity index (χ0) is 57.1. The second-order valence-electron chi connectivity index (χ2n) is 21.6. The van der Waals surface area contributed by atoms with Gasteiger partial charge in [0.05, 0.1) is 0 Å². The molecule has 0 aromatic carbocycles. The summed E-state index contributed by atoms with van der Waals surface area (Å²) in [6, 6.07) is 0. The summed E-state index contributed by atoms with van der Waals surface area (Å²) in [5, 5.41) is 0. The van der Waals surface area contributed by atoms with Crippen LogP contribution in [0, 0.1) is 0 Å². The van der Waals surface area contributed by atoms with Gasteiger partial charge in [0.25, 0.3) is 0 Å². The zero-order valence-electron chi connectivity index (χ0n) is 51.6. The first-order valence-corrected chi connectivity index (χ1v) is 33.0. The molecule has 0 aliphatic carbocycles. The number of hydrogen-bond acceptors (Lipinski definition) is 6. The third-order valence-corrected chi connectivity index (χ3v) is 14.0. The molecule has 0 bridgehead atoms. The third kappa shape index (κ3) is 64.5. The van der Waals surface area contributed by atoms with E-state index < -0.39 is 6.10 Å². The molecule has 0 saturated carbocycles. The lowest BCUT2D eigenvalue weighted by molar-refractivity contribution is -0.167. The maximum atomic E-state index is 12.9. The van der Waals surface area contributed by atoms with Gasteiger partial charge in [-0.05, 0) is 109 Å². The van der Waals surface area contributed by atoms with E-state index in [0.717, 1.165) is 135 Å². The molecule has 0 aliphatic rings. The molecule has 1 atom stereocenters. The fourth-order valence-electron chi connectivity index (χ4n) is 9.09. The van der Waals surface area contributed by atoms with Crippen LogP contribution in [0.4, 0.5) is 0 Å². The standard InChI is InChI=1S/C73H122O6/c1-4-7-10-13-16-19-22-25-28-30-32-34-36-38-40-42-45-48-51-54-57-60-63-66-72(75)78-69-70(68-77-71(74)65-62-59-56-53-50-47-44-27-24-21-18-15-12-9-6-3)79-73(76)67-64-61-58-55-52-49-46-43-41-39-37-35-33-31-29-26-23-20-17-14-11-8-5-2/h7,9-10,12,16,18-19,21,25,27-28,32,34,38,40,44-45,48,50,53,70H,4-6,8,11,13-15,17,20,22-24,26,29-31,33,35-37,39,41-43,46-47,49,51-52,54-69H2,1-3H3/b10-7-,12-9-,19-16-,21-18-,28-25-,34-32-,40-38-,44-27-,48-45-,53-50-. The highest BCUT2D eigenvalue weighted by molar-refractivity contribution is 5.71. The quantitative estimate of drug-likeness (QED) is 0.0261. The summed E-state index contributed by atoms with van der Waals surface area (Å²) in [6.45, 7) is 6.38. The van der Waals surface area contributed by atoms with E-state index in [9.17, 15) is 14.4 Å². The Morgan fingerprint density at radius 3 is 0.797 bits per heavy atom. The smallest absolute Gasteiger partial charge is 0.306 e. The summed E-state index contributed by atoms with van der Waals surface area (Å²) in [6.07, 6.45) is 92.2. The fourth-order valence-corrected chi connectivity index (χ4v) is 9.09. The van der Waals surface area contributed by atoms with Crippen LogP contribution in [0.3, 0.4) is 0 Å². The van der Waals surface area contributed by atoms with E-state index in [-0.39, 0.29) is 31.1 Å². The van der Waals surface area contributed by atoms with Gasteiger partial charge in [-0.3, -0.25) is 14.4 Å². The molecule has 0 amide bonds. The van der Waals surface area contributed by atoms with E-state index in [1.54, 1.807) is 0 Å². The van der Waals surface area contributed by atoms with Crippen molar-refractivity contribution in [3.05, 3.63) is 122 Å². The molecule has 6 heteroatoms. The fraction of sp³-hybridized carbons (Fsp3) is 0.685. The van der Waals surface area contributed by atoms with Gasteiger partial charge in [0, 0.05) is 19.3 Å². The summed E-state index contributed by atoms with van der Waals surface area (Å²) in [7, 11) is 0. The van der Waals surface area contributed by atoms with Crippen molar-refractivity contribution in [1.29, 1.82) is 0 Å². The van der Waals surface area contributed by atoms with Gasteiger partial charge >= 0.3 is 17.9 Å². The number of allylic oxidation sites excluding steroid dienone is 20. The minimum Gasteiger partial charge on any atom is -0.462 e. The summed E-state index contributed by atoms with van der Waals surface area (Å²) in [4.78, 5) is 38.4. The van der Waals surface area contributed by atoms with Gasteiger partial charge in [-0.1, -0.05) is 296 Å². The monoisotopic (exact) mass is 1090 g/mol. The summed E-state index contributed by atoms with van der Waals surface area (Å²) in [5.41, 5.74) is 0. The maximum Gasteiger partial charge on any atom is 0.306 e. The summed E-state index contributed by atoms with van der Waals surface area (Å²) >= 11 is 0. The number of carbonyl (C=O) groups excluding carboxylic acids is 3. The maximum absolute atomic E-state index is 12.9. The molecule has 1 unspecified atom stereocenters. The van der Waals surface area contributed by atoms with Crippen molar-refractivity contribution in [3.8, 4) is 0 Å². The Kier molecular flexibility index (Phi) is 62.8. The van der Waals surface area contributed by atoms with Crippen LogP contribution in [0.1, 0.15) is 303 Å². The molecule has 0 spiro atoms. The Hall–Kier alpha value is -4.19. The van der Waals surface area contributed by atoms with Crippen LogP contribution in [-0.4, -0.2) is 37.2 Å². The number of hydrogen-bond donors (Lipinski definition) is 0. The van der Waals surface area contributed by atoms with Crippen molar-refractivity contribution >= 4 is 17.9 Å². The summed E-state index contributed by atoms with van der Waals surface area (Å²) in [5.74, 6) is -0.961. The van der Waals surface area contributed by atoms with Crippen molar-refractivity contribution in [1.82, 2.24) is 0 Å². The Balaban J connectivity index is 4.43. The molecule has 0 N–H and O–H groups in total. The second kappa shape index (κ2) is 66.3. The average molecular weight is 1100 g/mol. The van der Waals surface area contributed by atoms with Crippen molar-refractivity contribution in [2.45, 2.75) is 309 Å². The van der Waals surface area contributed by atoms with Crippen LogP contribution in [0.25, 0.3) is 0 Å². The van der Waals surface area contributed by atoms with E-state index in [2.05, 4.69) is 142 Å². The van der Waals surface area contributed by atoms with Gasteiger partial charge in [0.2, 0.25) is 0 Å². The molecular formula is C73H122O6. The molecule has 0 fully saturated rings. The van der Waals surface area contributed by atoms with E-state index in [4.69, 9.17) is 14.2 Å². The van der Waals surface area contributed by atoms with E-state index in [1.807, 2.05) is 0 Å². The predicted molar refractivity (Wildman–Crippen MR) is 343 cm³/mol. The van der Waals surface area contributed by atoms with Crippen LogP contribution < -0.4 is 0 Å². The number of esters is 3. The lowest BCUT2D eigenvalue weighted by Gasteiger charge is -2.18. The van der Waals surface area contributed by atoms with Gasteiger partial charge in [0.15, 0.2) is 6.10 Å². The Labute approximate surface area is 488 Å².